The highest BCUT2D eigenvalue weighted by molar-refractivity contribution is 9.08. The van der Waals surface area contributed by atoms with Crippen molar-refractivity contribution in [2.24, 2.45) is 0 Å². The normalized spacial score (nSPS) is 11.8. The molecule has 1 nitrogen and oxygen atoms in total. The Morgan fingerprint density at radius 3 is 2.46 bits per heavy atom. The molecule has 0 unspecified atom stereocenters. The molecule has 0 N–H and O–H groups in total. The summed E-state index contributed by atoms with van der Waals surface area (Å²) in [5.41, 5.74) is -1.13. The molecule has 0 saturated carbocycles. The zero-order valence-corrected chi connectivity index (χ0v) is 7.78. The Hall–Kier alpha value is -0.650. The van der Waals surface area contributed by atoms with Gasteiger partial charge in [-0.15, -0.1) is 0 Å². The third-order valence-corrected chi connectivity index (χ3v) is 1.93. The lowest BCUT2D eigenvalue weighted by atomic mass is 10.2. The van der Waals surface area contributed by atoms with Gasteiger partial charge >= 0.3 is 6.18 Å². The third kappa shape index (κ3) is 2.40. The lowest BCUT2D eigenvalue weighted by Crippen LogP contribution is -2.09. The van der Waals surface area contributed by atoms with Crippen molar-refractivity contribution in [2.45, 2.75) is 11.5 Å². The standard InChI is InChI=1S/C7H4BrF4N/c8-2-4-1-5(7(10,11)12)6(9)3-13-4/h1,3H,2H2. The first kappa shape index (κ1) is 10.4. The van der Waals surface area contributed by atoms with E-state index >= 15 is 0 Å². The smallest absolute Gasteiger partial charge is 0.257 e. The minimum atomic E-state index is -4.66. The van der Waals surface area contributed by atoms with E-state index in [0.29, 0.717) is 12.3 Å². The molecule has 1 heterocycles. The molecule has 0 aliphatic heterocycles. The quantitative estimate of drug-likeness (QED) is 0.557. The van der Waals surface area contributed by atoms with Crippen LogP contribution in [-0.2, 0) is 11.5 Å². The second kappa shape index (κ2) is 3.61. The van der Waals surface area contributed by atoms with E-state index in [1.165, 1.54) is 0 Å². The van der Waals surface area contributed by atoms with Gasteiger partial charge in [-0.2, -0.15) is 13.2 Å². The zero-order chi connectivity index (χ0) is 10.1. The predicted molar refractivity (Wildman–Crippen MR) is 41.8 cm³/mol. The number of hydrogen-bond donors (Lipinski definition) is 0. The summed E-state index contributed by atoms with van der Waals surface area (Å²) >= 11 is 2.93. The minimum absolute atomic E-state index is 0.147. The minimum Gasteiger partial charge on any atom is -0.257 e. The van der Waals surface area contributed by atoms with Crippen LogP contribution < -0.4 is 0 Å². The number of pyridine rings is 1. The van der Waals surface area contributed by atoms with E-state index in [2.05, 4.69) is 20.9 Å². The van der Waals surface area contributed by atoms with Crippen molar-refractivity contribution < 1.29 is 17.6 Å². The van der Waals surface area contributed by atoms with Gasteiger partial charge in [-0.05, 0) is 6.07 Å². The number of nitrogens with zero attached hydrogens (tertiary/aromatic N) is 1. The molecule has 0 aromatic carbocycles. The number of hydrogen-bond acceptors (Lipinski definition) is 1. The Labute approximate surface area is 79.9 Å². The molecule has 1 aromatic heterocycles. The second-order valence-corrected chi connectivity index (χ2v) is 2.85. The predicted octanol–water partition coefficient (Wildman–Crippen LogP) is 3.13. The van der Waals surface area contributed by atoms with Crippen LogP contribution in [0.15, 0.2) is 12.3 Å². The van der Waals surface area contributed by atoms with Gasteiger partial charge in [-0.1, -0.05) is 15.9 Å². The van der Waals surface area contributed by atoms with Crippen molar-refractivity contribution in [1.82, 2.24) is 4.98 Å². The number of alkyl halides is 4. The van der Waals surface area contributed by atoms with Gasteiger partial charge in [0, 0.05) is 5.33 Å². The lowest BCUT2D eigenvalue weighted by Gasteiger charge is -2.07. The lowest BCUT2D eigenvalue weighted by molar-refractivity contribution is -0.140. The van der Waals surface area contributed by atoms with E-state index in [0.717, 1.165) is 0 Å². The molecular weight excluding hydrogens is 254 g/mol. The van der Waals surface area contributed by atoms with Gasteiger partial charge in [0.05, 0.1) is 17.5 Å². The van der Waals surface area contributed by atoms with Crippen molar-refractivity contribution in [3.63, 3.8) is 0 Å². The Balaban J connectivity index is 3.19. The summed E-state index contributed by atoms with van der Waals surface area (Å²) in [5.74, 6) is -1.35. The van der Waals surface area contributed by atoms with Gasteiger partial charge < -0.3 is 0 Å². The number of halogens is 5. The molecule has 1 rings (SSSR count). The molecule has 0 aliphatic rings. The summed E-state index contributed by atoms with van der Waals surface area (Å²) in [4.78, 5) is 3.45. The maximum absolute atomic E-state index is 12.6. The van der Waals surface area contributed by atoms with E-state index < -0.39 is 17.6 Å². The molecule has 0 spiro atoms. The first-order valence-electron chi connectivity index (χ1n) is 3.22. The molecule has 1 aromatic rings. The fraction of sp³-hybridized carbons (Fsp3) is 0.286. The Morgan fingerprint density at radius 2 is 2.00 bits per heavy atom. The molecule has 6 heteroatoms. The van der Waals surface area contributed by atoms with Crippen LogP contribution in [0.4, 0.5) is 17.6 Å². The van der Waals surface area contributed by atoms with Crippen molar-refractivity contribution in [3.8, 4) is 0 Å². The van der Waals surface area contributed by atoms with E-state index in [-0.39, 0.29) is 11.0 Å². The van der Waals surface area contributed by atoms with Crippen molar-refractivity contribution in [1.29, 1.82) is 0 Å². The molecule has 0 amide bonds. The van der Waals surface area contributed by atoms with E-state index in [1.54, 1.807) is 0 Å². The van der Waals surface area contributed by atoms with Crippen LogP contribution in [-0.4, -0.2) is 4.98 Å². The Kier molecular flexibility index (Phi) is 2.90. The highest BCUT2D eigenvalue weighted by atomic mass is 79.9. The van der Waals surface area contributed by atoms with Gasteiger partial charge in [0.25, 0.3) is 0 Å². The van der Waals surface area contributed by atoms with Gasteiger partial charge in [0.15, 0.2) is 5.82 Å². The van der Waals surface area contributed by atoms with Crippen molar-refractivity contribution >= 4 is 15.9 Å². The maximum Gasteiger partial charge on any atom is 0.419 e. The van der Waals surface area contributed by atoms with E-state index in [1.807, 2.05) is 0 Å². The van der Waals surface area contributed by atoms with Gasteiger partial charge in [0.2, 0.25) is 0 Å². The molecule has 0 saturated heterocycles. The largest absolute Gasteiger partial charge is 0.419 e. The van der Waals surface area contributed by atoms with Crippen LogP contribution in [0.25, 0.3) is 0 Å². The fourth-order valence-electron chi connectivity index (χ4n) is 0.772. The first-order chi connectivity index (χ1) is 5.95. The first-order valence-corrected chi connectivity index (χ1v) is 4.35. The second-order valence-electron chi connectivity index (χ2n) is 2.29. The van der Waals surface area contributed by atoms with Gasteiger partial charge in [-0.25, -0.2) is 4.39 Å². The summed E-state index contributed by atoms with van der Waals surface area (Å²) in [6, 6.07) is 0.685. The average Bonchev–Trinajstić information content (AvgIpc) is 2.03. The molecule has 0 bridgehead atoms. The van der Waals surface area contributed by atoms with Crippen molar-refractivity contribution in [2.75, 3.05) is 0 Å². The van der Waals surface area contributed by atoms with Crippen LogP contribution in [0.2, 0.25) is 0 Å². The third-order valence-electron chi connectivity index (χ3n) is 1.35. The van der Waals surface area contributed by atoms with Crippen molar-refractivity contribution in [3.05, 3.63) is 29.3 Å². The number of rotatable bonds is 1. The van der Waals surface area contributed by atoms with E-state index in [4.69, 9.17) is 0 Å². The van der Waals surface area contributed by atoms with Crippen LogP contribution in [0.1, 0.15) is 11.3 Å². The van der Waals surface area contributed by atoms with E-state index in [9.17, 15) is 17.6 Å². The van der Waals surface area contributed by atoms with Gasteiger partial charge in [0.1, 0.15) is 0 Å². The highest BCUT2D eigenvalue weighted by Gasteiger charge is 2.34. The summed E-state index contributed by atoms with van der Waals surface area (Å²) in [6.07, 6.45) is -4.09. The van der Waals surface area contributed by atoms with Crippen LogP contribution in [0.3, 0.4) is 0 Å². The fourth-order valence-corrected chi connectivity index (χ4v) is 1.08. The van der Waals surface area contributed by atoms with Crippen LogP contribution >= 0.6 is 15.9 Å². The van der Waals surface area contributed by atoms with Gasteiger partial charge in [-0.3, -0.25) is 4.98 Å². The summed E-state index contributed by atoms with van der Waals surface area (Å²) in [7, 11) is 0. The molecule has 0 fully saturated rings. The zero-order valence-electron chi connectivity index (χ0n) is 6.20. The molecular formula is C7H4BrF4N. The molecule has 0 aliphatic carbocycles. The molecule has 0 radical (unpaired) electrons. The summed E-state index contributed by atoms with van der Waals surface area (Å²) in [6.45, 7) is 0. The maximum atomic E-state index is 12.6. The Morgan fingerprint density at radius 1 is 1.38 bits per heavy atom. The molecule has 0 atom stereocenters. The SMILES string of the molecule is Fc1cnc(CBr)cc1C(F)(F)F. The highest BCUT2D eigenvalue weighted by Crippen LogP contribution is 2.31. The number of aromatic nitrogens is 1. The molecule has 13 heavy (non-hydrogen) atoms. The topological polar surface area (TPSA) is 12.9 Å². The Bertz CT molecular complexity index is 310. The van der Waals surface area contributed by atoms with Crippen LogP contribution in [0, 0.1) is 5.82 Å². The van der Waals surface area contributed by atoms with Crippen LogP contribution in [0.5, 0.6) is 0 Å². The monoisotopic (exact) mass is 257 g/mol. The molecule has 72 valence electrons. The summed E-state index contributed by atoms with van der Waals surface area (Å²) < 4.78 is 48.8. The summed E-state index contributed by atoms with van der Waals surface area (Å²) in [5, 5.41) is 0.163. The average molecular weight is 258 g/mol.